The Hall–Kier alpha value is -5.16. The maximum absolute atomic E-state index is 15.5. The average Bonchev–Trinajstić information content (AvgIpc) is 3.58. The molecule has 0 radical (unpaired) electrons. The van der Waals surface area contributed by atoms with E-state index < -0.39 is 5.97 Å². The second kappa shape index (κ2) is 12.0. The van der Waals surface area contributed by atoms with Crippen molar-refractivity contribution in [3.05, 3.63) is 101 Å². The topological polar surface area (TPSA) is 106 Å². The molecular weight excluding hydrogens is 551 g/mol. The van der Waals surface area contributed by atoms with E-state index in [9.17, 15) is 4.79 Å². The average molecular weight is 581 g/mol. The molecule has 11 heteroatoms. The smallest absolute Gasteiger partial charge is 0.337 e. The predicted octanol–water partition coefficient (Wildman–Crippen LogP) is 5.12. The number of aromatic nitrogens is 6. The molecule has 3 aromatic carbocycles. The van der Waals surface area contributed by atoms with Gasteiger partial charge in [0.15, 0.2) is 0 Å². The van der Waals surface area contributed by atoms with E-state index in [0.717, 1.165) is 22.1 Å². The Morgan fingerprint density at radius 2 is 1.79 bits per heavy atom. The molecule has 3 heterocycles. The first-order valence-electron chi connectivity index (χ1n) is 13.7. The number of fused-ring (bicyclic) bond motifs is 2. The molecule has 6 rings (SSSR count). The second-order valence-corrected chi connectivity index (χ2v) is 10.00. The molecule has 0 fully saturated rings. The lowest BCUT2D eigenvalue weighted by molar-refractivity contribution is 0.0601. The van der Waals surface area contributed by atoms with Crippen molar-refractivity contribution in [1.82, 2.24) is 29.5 Å². The molecule has 0 bridgehead atoms. The summed E-state index contributed by atoms with van der Waals surface area (Å²) in [7, 11) is 4.80. The van der Waals surface area contributed by atoms with Crippen LogP contribution >= 0.6 is 0 Å². The summed E-state index contributed by atoms with van der Waals surface area (Å²) >= 11 is 0. The first-order valence-corrected chi connectivity index (χ1v) is 13.7. The van der Waals surface area contributed by atoms with Crippen LogP contribution in [0.1, 0.15) is 27.3 Å². The highest BCUT2D eigenvalue weighted by molar-refractivity contribution is 5.93. The first-order chi connectivity index (χ1) is 20.9. The van der Waals surface area contributed by atoms with Crippen molar-refractivity contribution >= 4 is 28.0 Å². The minimum atomic E-state index is -0.435. The van der Waals surface area contributed by atoms with E-state index in [1.54, 1.807) is 42.1 Å². The summed E-state index contributed by atoms with van der Waals surface area (Å²) < 4.78 is 35.3. The fraction of sp³-hybridized carbons (Fsp3) is 0.219. The summed E-state index contributed by atoms with van der Waals surface area (Å²) in [6, 6.07) is 21.5. The molecule has 6 aromatic rings. The van der Waals surface area contributed by atoms with Crippen molar-refractivity contribution in [3.8, 4) is 17.1 Å². The van der Waals surface area contributed by atoms with Crippen LogP contribution in [0.3, 0.4) is 0 Å². The van der Waals surface area contributed by atoms with Crippen molar-refractivity contribution < 1.29 is 23.4 Å². The van der Waals surface area contributed by atoms with Crippen LogP contribution < -0.4 is 4.74 Å². The van der Waals surface area contributed by atoms with Crippen LogP contribution in [-0.2, 0) is 36.1 Å². The second-order valence-electron chi connectivity index (χ2n) is 10.00. The fourth-order valence-corrected chi connectivity index (χ4v) is 5.04. The number of imidazole rings is 1. The van der Waals surface area contributed by atoms with Crippen LogP contribution in [0.4, 0.5) is 4.39 Å². The number of carbonyl (C=O) groups excluding carboxylic acids is 1. The number of nitrogens with zero attached hydrogens (tertiary/aromatic N) is 6. The number of methoxy groups -OCH3 is 2. The van der Waals surface area contributed by atoms with Gasteiger partial charge < -0.3 is 18.8 Å². The van der Waals surface area contributed by atoms with Crippen LogP contribution in [0, 0.1) is 5.82 Å². The number of benzene rings is 3. The van der Waals surface area contributed by atoms with Gasteiger partial charge in [-0.1, -0.05) is 35.5 Å². The molecule has 0 amide bonds. The van der Waals surface area contributed by atoms with Crippen molar-refractivity contribution in [2.75, 3.05) is 20.8 Å². The van der Waals surface area contributed by atoms with Crippen LogP contribution in [0.15, 0.2) is 72.8 Å². The molecule has 0 saturated heterocycles. The summed E-state index contributed by atoms with van der Waals surface area (Å²) in [6.07, 6.45) is 0.253. The zero-order chi connectivity index (χ0) is 29.9. The van der Waals surface area contributed by atoms with Crippen LogP contribution in [-0.4, -0.2) is 56.3 Å². The van der Waals surface area contributed by atoms with Gasteiger partial charge in [0.1, 0.15) is 23.8 Å². The third-order valence-electron chi connectivity index (χ3n) is 7.29. The van der Waals surface area contributed by atoms with Gasteiger partial charge in [-0.2, -0.15) is 0 Å². The molecule has 0 unspecified atom stereocenters. The summed E-state index contributed by atoms with van der Waals surface area (Å²) in [4.78, 5) is 21.4. The Bertz CT molecular complexity index is 1950. The van der Waals surface area contributed by atoms with E-state index in [4.69, 9.17) is 19.2 Å². The quantitative estimate of drug-likeness (QED) is 0.206. The molecule has 3 aromatic heterocycles. The molecule has 0 N–H and O–H groups in total. The van der Waals surface area contributed by atoms with Crippen LogP contribution in [0.25, 0.3) is 33.3 Å². The van der Waals surface area contributed by atoms with Gasteiger partial charge in [-0.05, 0) is 42.0 Å². The number of esters is 1. The Kier molecular flexibility index (Phi) is 7.80. The van der Waals surface area contributed by atoms with Crippen molar-refractivity contribution in [2.24, 2.45) is 7.05 Å². The first kappa shape index (κ1) is 28.0. The highest BCUT2D eigenvalue weighted by Gasteiger charge is 2.17. The van der Waals surface area contributed by atoms with Gasteiger partial charge in [-0.15, -0.1) is 5.10 Å². The highest BCUT2D eigenvalue weighted by atomic mass is 19.1. The van der Waals surface area contributed by atoms with Crippen molar-refractivity contribution in [3.63, 3.8) is 0 Å². The minimum absolute atomic E-state index is 0.253. The lowest BCUT2D eigenvalue weighted by atomic mass is 10.1. The molecule has 218 valence electrons. The Labute approximate surface area is 246 Å². The molecule has 0 atom stereocenters. The molecule has 0 saturated carbocycles. The summed E-state index contributed by atoms with van der Waals surface area (Å²) in [5, 5.41) is 8.31. The third kappa shape index (κ3) is 5.67. The predicted molar refractivity (Wildman–Crippen MR) is 158 cm³/mol. The molecule has 0 aliphatic carbocycles. The van der Waals surface area contributed by atoms with Crippen LogP contribution in [0.5, 0.6) is 5.88 Å². The number of carbonyl (C=O) groups is 1. The maximum Gasteiger partial charge on any atom is 0.337 e. The Morgan fingerprint density at radius 1 is 0.930 bits per heavy atom. The number of aryl methyl sites for hydroxylation is 1. The SMILES string of the molecule is COCCn1c(Cc2ccc(-c3cccc(OCc4cccc5c4nnn5C)n3)cc2F)nc2ccc(C(=O)OC)cc21. The van der Waals surface area contributed by atoms with Crippen LogP contribution in [0.2, 0.25) is 0 Å². The van der Waals surface area contributed by atoms with Gasteiger partial charge >= 0.3 is 5.97 Å². The van der Waals surface area contributed by atoms with Gasteiger partial charge in [0.25, 0.3) is 0 Å². The molecule has 0 aliphatic rings. The zero-order valence-corrected chi connectivity index (χ0v) is 24.0. The fourth-order valence-electron chi connectivity index (χ4n) is 5.04. The van der Waals surface area contributed by atoms with Crippen molar-refractivity contribution in [2.45, 2.75) is 19.6 Å². The number of pyridine rings is 1. The lowest BCUT2D eigenvalue weighted by Gasteiger charge is -2.11. The van der Waals surface area contributed by atoms with E-state index in [1.165, 1.54) is 13.2 Å². The van der Waals surface area contributed by atoms with E-state index in [1.807, 2.05) is 48.0 Å². The maximum atomic E-state index is 15.5. The molecule has 43 heavy (non-hydrogen) atoms. The summed E-state index contributed by atoms with van der Waals surface area (Å²) in [5.41, 5.74) is 6.15. The zero-order valence-electron chi connectivity index (χ0n) is 24.0. The number of hydrogen-bond acceptors (Lipinski definition) is 8. The van der Waals surface area contributed by atoms with Gasteiger partial charge in [0.05, 0.1) is 41.5 Å². The summed E-state index contributed by atoms with van der Waals surface area (Å²) in [5.74, 6) is 0.268. The monoisotopic (exact) mass is 580 g/mol. The van der Waals surface area contributed by atoms with E-state index in [0.29, 0.717) is 52.8 Å². The van der Waals surface area contributed by atoms with Gasteiger partial charge in [-0.25, -0.2) is 23.8 Å². The van der Waals surface area contributed by atoms with E-state index in [2.05, 4.69) is 15.3 Å². The minimum Gasteiger partial charge on any atom is -0.473 e. The normalized spacial score (nSPS) is 11.3. The highest BCUT2D eigenvalue weighted by Crippen LogP contribution is 2.26. The number of ether oxygens (including phenoxy) is 3. The Morgan fingerprint density at radius 3 is 2.60 bits per heavy atom. The molecule has 0 aliphatic heterocycles. The van der Waals surface area contributed by atoms with E-state index in [-0.39, 0.29) is 18.8 Å². The molecule has 10 nitrogen and oxygen atoms in total. The number of halogens is 1. The van der Waals surface area contributed by atoms with Gasteiger partial charge in [-0.3, -0.25) is 0 Å². The largest absolute Gasteiger partial charge is 0.473 e. The Balaban J connectivity index is 1.23. The summed E-state index contributed by atoms with van der Waals surface area (Å²) in [6.45, 7) is 1.19. The van der Waals surface area contributed by atoms with Gasteiger partial charge in [0.2, 0.25) is 5.88 Å². The number of rotatable bonds is 10. The third-order valence-corrected chi connectivity index (χ3v) is 7.29. The van der Waals surface area contributed by atoms with Crippen molar-refractivity contribution in [1.29, 1.82) is 0 Å². The van der Waals surface area contributed by atoms with Gasteiger partial charge in [0, 0.05) is 44.3 Å². The molecular formula is C32H29FN6O4. The molecule has 0 spiro atoms. The van der Waals surface area contributed by atoms with E-state index >= 15 is 4.39 Å². The number of hydrogen-bond donors (Lipinski definition) is 0. The standard InChI is InChI=1S/C32H29FN6O4/c1-38-27-8-4-6-23(31(27)36-37-38)19-43-30-9-5-7-25(35-30)21-11-10-20(24(33)16-21)18-29-34-26-13-12-22(32(40)42-3)17-28(26)39(29)14-15-41-2/h4-13,16-17H,14-15,18-19H2,1-3H3. The lowest BCUT2D eigenvalue weighted by Crippen LogP contribution is -2.10.